The van der Waals surface area contributed by atoms with Gasteiger partial charge in [-0.1, -0.05) is 12.1 Å². The third kappa shape index (κ3) is 6.30. The Morgan fingerprint density at radius 3 is 2.65 bits per heavy atom. The summed E-state index contributed by atoms with van der Waals surface area (Å²) in [6.07, 6.45) is 3.51. The lowest BCUT2D eigenvalue weighted by molar-refractivity contribution is -0.117. The van der Waals surface area contributed by atoms with Crippen molar-refractivity contribution in [3.05, 3.63) is 75.2 Å². The topological polar surface area (TPSA) is 106 Å². The number of ether oxygens (including phenoxy) is 2. The van der Waals surface area contributed by atoms with Crippen LogP contribution in [0.3, 0.4) is 0 Å². The number of rotatable bonds is 9. The number of hydrogen-bond donors (Lipinski definition) is 1. The maximum atomic E-state index is 13.3. The van der Waals surface area contributed by atoms with Crippen LogP contribution in [0.1, 0.15) is 37.0 Å². The highest BCUT2D eigenvalue weighted by molar-refractivity contribution is 6.01. The second-order valence-electron chi connectivity index (χ2n) is 8.19. The van der Waals surface area contributed by atoms with Crippen molar-refractivity contribution in [1.29, 1.82) is 5.26 Å². The number of fused-ring (bicyclic) bond motifs is 1. The normalized spacial score (nSPS) is 11.5. The van der Waals surface area contributed by atoms with Crippen molar-refractivity contribution in [2.45, 2.75) is 40.2 Å². The number of pyridine rings is 1. The number of nitrogens with zero attached hydrogens (tertiary/aromatic N) is 3. The number of aryl methyl sites for hydroxylation is 2. The van der Waals surface area contributed by atoms with Crippen LogP contribution >= 0.6 is 0 Å². The Balaban J connectivity index is 1.97. The zero-order valence-corrected chi connectivity index (χ0v) is 19.8. The van der Waals surface area contributed by atoms with E-state index in [1.54, 1.807) is 24.4 Å². The molecule has 1 amide bonds. The standard InChI is InChI=1S/C26H28N4O4/c1-17(2)33-11-7-9-28-24(31)20(16-27)15-22-25(34-21-13-18(3)12-19(4)14-21)29-23-8-5-6-10-30(23)26(22)32/h5-6,8,10,12-15,17H,7,9,11H2,1-4H3,(H,28,31)/b20-15+. The summed E-state index contributed by atoms with van der Waals surface area (Å²) in [4.78, 5) is 30.3. The van der Waals surface area contributed by atoms with E-state index in [9.17, 15) is 14.9 Å². The molecule has 3 rings (SSSR count). The summed E-state index contributed by atoms with van der Waals surface area (Å²) in [6.45, 7) is 8.58. The van der Waals surface area contributed by atoms with Crippen LogP contribution in [0.4, 0.5) is 0 Å². The molecule has 0 radical (unpaired) electrons. The second-order valence-corrected chi connectivity index (χ2v) is 8.19. The first-order valence-electron chi connectivity index (χ1n) is 11.1. The van der Waals surface area contributed by atoms with Gasteiger partial charge < -0.3 is 14.8 Å². The molecule has 0 unspecified atom stereocenters. The molecule has 1 aromatic carbocycles. The maximum Gasteiger partial charge on any atom is 0.269 e. The number of nitrogens with one attached hydrogen (secondary N) is 1. The Morgan fingerprint density at radius 1 is 1.24 bits per heavy atom. The molecular formula is C26H28N4O4. The summed E-state index contributed by atoms with van der Waals surface area (Å²) in [5.74, 6) is -0.0542. The van der Waals surface area contributed by atoms with E-state index < -0.39 is 11.5 Å². The van der Waals surface area contributed by atoms with Crippen LogP contribution in [0.2, 0.25) is 0 Å². The van der Waals surface area contributed by atoms with Crippen LogP contribution in [-0.4, -0.2) is 34.5 Å². The molecule has 0 bridgehead atoms. The summed E-state index contributed by atoms with van der Waals surface area (Å²) in [5, 5.41) is 12.3. The van der Waals surface area contributed by atoms with Crippen molar-refractivity contribution >= 4 is 17.6 Å². The number of nitriles is 1. The first kappa shape index (κ1) is 24.7. The van der Waals surface area contributed by atoms with Gasteiger partial charge in [0.05, 0.1) is 6.10 Å². The van der Waals surface area contributed by atoms with Crippen molar-refractivity contribution in [3.8, 4) is 17.7 Å². The molecule has 0 spiro atoms. The zero-order chi connectivity index (χ0) is 24.7. The van der Waals surface area contributed by atoms with Crippen molar-refractivity contribution < 1.29 is 14.3 Å². The van der Waals surface area contributed by atoms with Gasteiger partial charge in [-0.05, 0) is 75.6 Å². The van der Waals surface area contributed by atoms with Gasteiger partial charge in [0, 0.05) is 19.3 Å². The molecule has 0 aliphatic rings. The number of hydrogen-bond acceptors (Lipinski definition) is 6. The van der Waals surface area contributed by atoms with Crippen molar-refractivity contribution in [2.24, 2.45) is 0 Å². The maximum absolute atomic E-state index is 13.3. The number of aromatic nitrogens is 2. The molecule has 2 aromatic heterocycles. The highest BCUT2D eigenvalue weighted by Crippen LogP contribution is 2.26. The lowest BCUT2D eigenvalue weighted by atomic mass is 10.1. The second kappa shape index (κ2) is 11.3. The molecule has 2 heterocycles. The molecule has 176 valence electrons. The van der Waals surface area contributed by atoms with Gasteiger partial charge in [0.2, 0.25) is 5.88 Å². The lowest BCUT2D eigenvalue weighted by Crippen LogP contribution is -2.27. The van der Waals surface area contributed by atoms with Gasteiger partial charge >= 0.3 is 0 Å². The van der Waals surface area contributed by atoms with Crippen LogP contribution in [0.15, 0.2) is 53.0 Å². The van der Waals surface area contributed by atoms with E-state index in [1.165, 1.54) is 10.5 Å². The molecule has 0 fully saturated rings. The van der Waals surface area contributed by atoms with Gasteiger partial charge in [-0.3, -0.25) is 14.0 Å². The first-order chi connectivity index (χ1) is 16.3. The van der Waals surface area contributed by atoms with E-state index in [4.69, 9.17) is 9.47 Å². The van der Waals surface area contributed by atoms with Crippen LogP contribution < -0.4 is 15.6 Å². The molecule has 8 heteroatoms. The van der Waals surface area contributed by atoms with Crippen LogP contribution in [-0.2, 0) is 9.53 Å². The molecule has 8 nitrogen and oxygen atoms in total. The highest BCUT2D eigenvalue weighted by atomic mass is 16.5. The average Bonchev–Trinajstić information content (AvgIpc) is 2.78. The fourth-order valence-corrected chi connectivity index (χ4v) is 3.37. The predicted octanol–water partition coefficient (Wildman–Crippen LogP) is 3.94. The Bertz CT molecular complexity index is 1300. The van der Waals surface area contributed by atoms with E-state index in [2.05, 4.69) is 10.3 Å². The van der Waals surface area contributed by atoms with E-state index in [0.29, 0.717) is 31.0 Å². The van der Waals surface area contributed by atoms with Crippen molar-refractivity contribution in [2.75, 3.05) is 13.2 Å². The molecule has 0 atom stereocenters. The zero-order valence-electron chi connectivity index (χ0n) is 19.8. The largest absolute Gasteiger partial charge is 0.438 e. The van der Waals surface area contributed by atoms with E-state index >= 15 is 0 Å². The van der Waals surface area contributed by atoms with Gasteiger partial charge in [0.15, 0.2) is 0 Å². The minimum Gasteiger partial charge on any atom is -0.438 e. The molecule has 1 N–H and O–H groups in total. The Morgan fingerprint density at radius 2 is 1.97 bits per heavy atom. The third-order valence-corrected chi connectivity index (χ3v) is 4.86. The highest BCUT2D eigenvalue weighted by Gasteiger charge is 2.17. The summed E-state index contributed by atoms with van der Waals surface area (Å²) < 4.78 is 12.8. The minimum atomic E-state index is -0.582. The van der Waals surface area contributed by atoms with E-state index in [0.717, 1.165) is 11.1 Å². The number of amides is 1. The molecule has 0 aliphatic heterocycles. The number of carbonyl (C=O) groups excluding carboxylic acids is 1. The molecule has 0 aliphatic carbocycles. The third-order valence-electron chi connectivity index (χ3n) is 4.86. The predicted molar refractivity (Wildman–Crippen MR) is 130 cm³/mol. The van der Waals surface area contributed by atoms with E-state index in [1.807, 2.05) is 52.0 Å². The van der Waals surface area contributed by atoms with Crippen molar-refractivity contribution in [1.82, 2.24) is 14.7 Å². The van der Waals surface area contributed by atoms with Gasteiger partial charge in [-0.15, -0.1) is 0 Å². The summed E-state index contributed by atoms with van der Waals surface area (Å²) in [6, 6.07) is 12.7. The van der Waals surface area contributed by atoms with E-state index in [-0.39, 0.29) is 23.1 Å². The summed E-state index contributed by atoms with van der Waals surface area (Å²) >= 11 is 0. The number of carbonyl (C=O) groups is 1. The fraction of sp³-hybridized carbons (Fsp3) is 0.308. The molecule has 0 saturated carbocycles. The van der Waals surface area contributed by atoms with Crippen LogP contribution in [0.5, 0.6) is 11.6 Å². The molecular weight excluding hydrogens is 432 g/mol. The lowest BCUT2D eigenvalue weighted by Gasteiger charge is -2.11. The van der Waals surface area contributed by atoms with Gasteiger partial charge in [-0.2, -0.15) is 10.2 Å². The molecule has 0 saturated heterocycles. The smallest absolute Gasteiger partial charge is 0.269 e. The molecule has 3 aromatic rings. The minimum absolute atomic E-state index is 0.0118. The summed E-state index contributed by atoms with van der Waals surface area (Å²) in [7, 11) is 0. The van der Waals surface area contributed by atoms with Crippen LogP contribution in [0, 0.1) is 25.2 Å². The van der Waals surface area contributed by atoms with Crippen molar-refractivity contribution in [3.63, 3.8) is 0 Å². The van der Waals surface area contributed by atoms with Gasteiger partial charge in [-0.25, -0.2) is 0 Å². The monoisotopic (exact) mass is 460 g/mol. The van der Waals surface area contributed by atoms with Crippen LogP contribution in [0.25, 0.3) is 11.7 Å². The fourth-order valence-electron chi connectivity index (χ4n) is 3.37. The Labute approximate surface area is 198 Å². The summed E-state index contributed by atoms with van der Waals surface area (Å²) in [5.41, 5.74) is 1.71. The SMILES string of the molecule is Cc1cc(C)cc(Oc2nc3ccccn3c(=O)c2/C=C(\C#N)C(=O)NCCCOC(C)C)c1. The molecule has 34 heavy (non-hydrogen) atoms. The van der Waals surface area contributed by atoms with Gasteiger partial charge in [0.25, 0.3) is 11.5 Å². The quantitative estimate of drug-likeness (QED) is 0.295. The Kier molecular flexibility index (Phi) is 8.17. The number of benzene rings is 1. The van der Waals surface area contributed by atoms with Gasteiger partial charge in [0.1, 0.15) is 28.6 Å². The Hall–Kier alpha value is -3.96. The first-order valence-corrected chi connectivity index (χ1v) is 11.1. The average molecular weight is 461 g/mol.